The number of ether oxygens (including phenoxy) is 1. The van der Waals surface area contributed by atoms with Crippen LogP contribution in [-0.2, 0) is 4.79 Å². The van der Waals surface area contributed by atoms with E-state index in [1.165, 1.54) is 0 Å². The number of nitrogens with zero attached hydrogens (tertiary/aromatic N) is 2. The molecule has 2 heterocycles. The molecular weight excluding hydrogens is 370 g/mol. The highest BCUT2D eigenvalue weighted by molar-refractivity contribution is 8.00. The van der Waals surface area contributed by atoms with Gasteiger partial charge in [0, 0.05) is 11.1 Å². The summed E-state index contributed by atoms with van der Waals surface area (Å²) in [4.78, 5) is 12.5. The number of carbonyl (C=O) groups is 1. The van der Waals surface area contributed by atoms with Gasteiger partial charge in [-0.3, -0.25) is 4.79 Å². The zero-order chi connectivity index (χ0) is 19.7. The van der Waals surface area contributed by atoms with Crippen LogP contribution in [-0.4, -0.2) is 28.0 Å². The standard InChI is InChI=1S/C22H23N3O2S/c1-4-27-18-12-8-6-10-16(18)21-20-15(3)24-25(17-11-7-5-9-14(17)2)22(20)23-19(26)13-28-21/h5-12,21H,4,13H2,1-3H3,(H,23,26)/t21-/m1/s1. The summed E-state index contributed by atoms with van der Waals surface area (Å²) < 4.78 is 7.74. The van der Waals surface area contributed by atoms with Crippen LogP contribution in [0.25, 0.3) is 5.69 Å². The molecule has 1 aliphatic heterocycles. The van der Waals surface area contributed by atoms with E-state index in [1.54, 1.807) is 11.8 Å². The molecule has 2 aromatic carbocycles. The Hall–Kier alpha value is -2.73. The molecule has 0 saturated carbocycles. The van der Waals surface area contributed by atoms with E-state index in [-0.39, 0.29) is 11.2 Å². The number of carbonyl (C=O) groups excluding carboxylic acids is 1. The van der Waals surface area contributed by atoms with Crippen molar-refractivity contribution >= 4 is 23.5 Å². The van der Waals surface area contributed by atoms with Gasteiger partial charge in [-0.05, 0) is 38.5 Å². The van der Waals surface area contributed by atoms with Crippen LogP contribution in [0.3, 0.4) is 0 Å². The Balaban J connectivity index is 1.91. The Kier molecular flexibility index (Phi) is 5.13. The summed E-state index contributed by atoms with van der Waals surface area (Å²) in [5.41, 5.74) is 5.08. The lowest BCUT2D eigenvalue weighted by atomic mass is 10.0. The lowest BCUT2D eigenvalue weighted by Crippen LogP contribution is -2.16. The number of benzene rings is 2. The first kappa shape index (κ1) is 18.6. The number of para-hydroxylation sites is 2. The molecule has 1 amide bonds. The van der Waals surface area contributed by atoms with Gasteiger partial charge in [0.25, 0.3) is 0 Å². The van der Waals surface area contributed by atoms with Gasteiger partial charge in [-0.25, -0.2) is 4.68 Å². The Bertz CT molecular complexity index is 1030. The highest BCUT2D eigenvalue weighted by atomic mass is 32.2. The van der Waals surface area contributed by atoms with Gasteiger partial charge in [-0.2, -0.15) is 5.10 Å². The van der Waals surface area contributed by atoms with E-state index in [4.69, 9.17) is 9.84 Å². The van der Waals surface area contributed by atoms with Crippen LogP contribution >= 0.6 is 11.8 Å². The quantitative estimate of drug-likeness (QED) is 0.700. The molecule has 4 rings (SSSR count). The number of amides is 1. The van der Waals surface area contributed by atoms with Crippen molar-refractivity contribution in [2.75, 3.05) is 17.7 Å². The Morgan fingerprint density at radius 3 is 2.71 bits per heavy atom. The maximum absolute atomic E-state index is 12.5. The van der Waals surface area contributed by atoms with Crippen LogP contribution in [0, 0.1) is 13.8 Å². The molecule has 1 atom stereocenters. The third-order valence-corrected chi connectivity index (χ3v) is 6.10. The average Bonchev–Trinajstić information content (AvgIpc) is 2.89. The first-order valence-electron chi connectivity index (χ1n) is 9.38. The van der Waals surface area contributed by atoms with Crippen molar-refractivity contribution < 1.29 is 9.53 Å². The fraction of sp³-hybridized carbons (Fsp3) is 0.273. The van der Waals surface area contributed by atoms with Crippen molar-refractivity contribution in [3.63, 3.8) is 0 Å². The Morgan fingerprint density at radius 2 is 1.93 bits per heavy atom. The minimum atomic E-state index is -0.0329. The molecular formula is C22H23N3O2S. The van der Waals surface area contributed by atoms with E-state index in [1.807, 2.05) is 67.9 Å². The second kappa shape index (κ2) is 7.72. The van der Waals surface area contributed by atoms with Crippen LogP contribution in [0.4, 0.5) is 5.82 Å². The number of hydrogen-bond acceptors (Lipinski definition) is 4. The topological polar surface area (TPSA) is 56.1 Å². The normalized spacial score (nSPS) is 16.2. The summed E-state index contributed by atoms with van der Waals surface area (Å²) in [5.74, 6) is 1.97. The fourth-order valence-corrected chi connectivity index (χ4v) is 4.80. The summed E-state index contributed by atoms with van der Waals surface area (Å²) >= 11 is 1.61. The van der Waals surface area contributed by atoms with Crippen LogP contribution in [0.1, 0.15) is 34.6 Å². The molecule has 1 N–H and O–H groups in total. The first-order valence-corrected chi connectivity index (χ1v) is 10.4. The minimum Gasteiger partial charge on any atom is -0.494 e. The predicted octanol–water partition coefficient (Wildman–Crippen LogP) is 4.66. The molecule has 0 aliphatic carbocycles. The molecule has 1 aliphatic rings. The number of aryl methyl sites for hydroxylation is 2. The molecule has 0 fully saturated rings. The molecule has 5 nitrogen and oxygen atoms in total. The maximum Gasteiger partial charge on any atom is 0.235 e. The Labute approximate surface area is 169 Å². The fourth-order valence-electron chi connectivity index (χ4n) is 3.59. The van der Waals surface area contributed by atoms with Gasteiger partial charge in [0.15, 0.2) is 0 Å². The van der Waals surface area contributed by atoms with E-state index in [0.717, 1.165) is 39.6 Å². The van der Waals surface area contributed by atoms with E-state index >= 15 is 0 Å². The van der Waals surface area contributed by atoms with Crippen molar-refractivity contribution in [2.24, 2.45) is 0 Å². The number of aromatic nitrogens is 2. The largest absolute Gasteiger partial charge is 0.494 e. The number of anilines is 1. The van der Waals surface area contributed by atoms with Gasteiger partial charge in [0.2, 0.25) is 5.91 Å². The number of fused-ring (bicyclic) bond motifs is 1. The molecule has 0 bridgehead atoms. The molecule has 1 aromatic heterocycles. The molecule has 0 spiro atoms. The molecule has 6 heteroatoms. The van der Waals surface area contributed by atoms with Crippen LogP contribution in [0.5, 0.6) is 5.75 Å². The zero-order valence-electron chi connectivity index (χ0n) is 16.2. The number of rotatable bonds is 4. The van der Waals surface area contributed by atoms with E-state index in [0.29, 0.717) is 12.4 Å². The summed E-state index contributed by atoms with van der Waals surface area (Å²) in [7, 11) is 0. The van der Waals surface area contributed by atoms with Gasteiger partial charge >= 0.3 is 0 Å². The number of hydrogen-bond donors (Lipinski definition) is 1. The first-order chi connectivity index (χ1) is 13.6. The second-order valence-corrected chi connectivity index (χ2v) is 7.85. The summed E-state index contributed by atoms with van der Waals surface area (Å²) in [6, 6.07) is 16.1. The highest BCUT2D eigenvalue weighted by Crippen LogP contribution is 2.46. The van der Waals surface area contributed by atoms with Crippen LogP contribution < -0.4 is 10.1 Å². The maximum atomic E-state index is 12.5. The molecule has 0 unspecified atom stereocenters. The van der Waals surface area contributed by atoms with Crippen LogP contribution in [0.2, 0.25) is 0 Å². The Morgan fingerprint density at radius 1 is 1.18 bits per heavy atom. The molecule has 3 aromatic rings. The average molecular weight is 394 g/mol. The summed E-state index contributed by atoms with van der Waals surface area (Å²) in [5, 5.41) is 7.85. The van der Waals surface area contributed by atoms with Gasteiger partial charge < -0.3 is 10.1 Å². The lowest BCUT2D eigenvalue weighted by molar-refractivity contribution is -0.113. The van der Waals surface area contributed by atoms with E-state index < -0.39 is 0 Å². The third kappa shape index (κ3) is 3.29. The SMILES string of the molecule is CCOc1ccccc1[C@H]1SCC(=O)Nc2c1c(C)nn2-c1ccccc1C. The van der Waals surface area contributed by atoms with E-state index in [9.17, 15) is 4.79 Å². The van der Waals surface area contributed by atoms with Crippen molar-refractivity contribution in [3.05, 3.63) is 70.9 Å². The van der Waals surface area contributed by atoms with Gasteiger partial charge in [-0.1, -0.05) is 36.4 Å². The monoisotopic (exact) mass is 393 g/mol. The van der Waals surface area contributed by atoms with Crippen molar-refractivity contribution in [1.29, 1.82) is 0 Å². The zero-order valence-corrected chi connectivity index (χ0v) is 17.0. The minimum absolute atomic E-state index is 0.0163. The van der Waals surface area contributed by atoms with Crippen molar-refractivity contribution in [1.82, 2.24) is 9.78 Å². The number of thioether (sulfide) groups is 1. The molecule has 0 saturated heterocycles. The van der Waals surface area contributed by atoms with Crippen molar-refractivity contribution in [2.45, 2.75) is 26.0 Å². The third-order valence-electron chi connectivity index (χ3n) is 4.85. The van der Waals surface area contributed by atoms with Crippen LogP contribution in [0.15, 0.2) is 48.5 Å². The highest BCUT2D eigenvalue weighted by Gasteiger charge is 2.32. The molecule has 0 radical (unpaired) electrons. The number of nitrogens with one attached hydrogen (secondary N) is 1. The van der Waals surface area contributed by atoms with Crippen molar-refractivity contribution in [3.8, 4) is 11.4 Å². The molecule has 144 valence electrons. The summed E-state index contributed by atoms with van der Waals surface area (Å²) in [6.07, 6.45) is 0. The van der Waals surface area contributed by atoms with Gasteiger partial charge in [0.1, 0.15) is 11.6 Å². The lowest BCUT2D eigenvalue weighted by Gasteiger charge is -2.19. The predicted molar refractivity (Wildman–Crippen MR) is 114 cm³/mol. The molecule has 28 heavy (non-hydrogen) atoms. The van der Waals surface area contributed by atoms with E-state index in [2.05, 4.69) is 11.4 Å². The van der Waals surface area contributed by atoms with Gasteiger partial charge in [0.05, 0.1) is 29.0 Å². The van der Waals surface area contributed by atoms with Gasteiger partial charge in [-0.15, -0.1) is 11.8 Å². The summed E-state index contributed by atoms with van der Waals surface area (Å²) in [6.45, 7) is 6.63. The smallest absolute Gasteiger partial charge is 0.235 e. The second-order valence-electron chi connectivity index (χ2n) is 6.76.